The summed E-state index contributed by atoms with van der Waals surface area (Å²) in [6.07, 6.45) is 1.09. The van der Waals surface area contributed by atoms with E-state index in [1.165, 1.54) is 0 Å². The maximum Gasteiger partial charge on any atom is 0.100 e. The Morgan fingerprint density at radius 2 is 2.11 bits per heavy atom. The third kappa shape index (κ3) is 3.69. The highest BCUT2D eigenvalue weighted by molar-refractivity contribution is 9.10. The second kappa shape index (κ2) is 6.90. The van der Waals surface area contributed by atoms with E-state index in [1.807, 2.05) is 18.2 Å². The Kier molecular flexibility index (Phi) is 5.20. The number of anilines is 1. The van der Waals surface area contributed by atoms with Crippen LogP contribution in [0.3, 0.4) is 0 Å². The highest BCUT2D eigenvalue weighted by Crippen LogP contribution is 2.24. The Labute approximate surface area is 122 Å². The average molecular weight is 324 g/mol. The summed E-state index contributed by atoms with van der Waals surface area (Å²) in [6.45, 7) is 4.96. The molecule has 1 aliphatic rings. The van der Waals surface area contributed by atoms with Crippen LogP contribution in [0.2, 0.25) is 0 Å². The van der Waals surface area contributed by atoms with Crippen LogP contribution in [0.1, 0.15) is 12.0 Å². The molecule has 19 heavy (non-hydrogen) atoms. The summed E-state index contributed by atoms with van der Waals surface area (Å²) in [6, 6.07) is 8.04. The summed E-state index contributed by atoms with van der Waals surface area (Å²) in [5.74, 6) is 0. The molecule has 1 saturated heterocycles. The molecule has 1 aromatic rings. The van der Waals surface area contributed by atoms with Gasteiger partial charge in [0, 0.05) is 36.3 Å². The molecule has 0 amide bonds. The van der Waals surface area contributed by atoms with Crippen LogP contribution >= 0.6 is 15.9 Å². The molecule has 0 aliphatic carbocycles. The summed E-state index contributed by atoms with van der Waals surface area (Å²) < 4.78 is 0.851. The molecular weight excluding hydrogens is 306 g/mol. The van der Waals surface area contributed by atoms with Gasteiger partial charge in [0.1, 0.15) is 6.07 Å². The third-order valence-electron chi connectivity index (χ3n) is 3.44. The number of nitriles is 1. The standard InChI is InChI=1S/C14H18BrN3O/c15-14-10-13(3-2-12(14)11-16)18-5-1-4-17(6-7-18)8-9-19/h2-3,10,19H,1,4-9H2. The van der Waals surface area contributed by atoms with E-state index in [9.17, 15) is 0 Å². The van der Waals surface area contributed by atoms with Crippen LogP contribution in [0.4, 0.5) is 5.69 Å². The van der Waals surface area contributed by atoms with Crippen LogP contribution in [0.15, 0.2) is 22.7 Å². The molecule has 1 aromatic carbocycles. The fraction of sp³-hybridized carbons (Fsp3) is 0.500. The van der Waals surface area contributed by atoms with Gasteiger partial charge in [0.2, 0.25) is 0 Å². The van der Waals surface area contributed by atoms with Gasteiger partial charge in [-0.15, -0.1) is 0 Å². The third-order valence-corrected chi connectivity index (χ3v) is 4.10. The number of aliphatic hydroxyl groups is 1. The van der Waals surface area contributed by atoms with Crippen LogP contribution in [-0.4, -0.2) is 49.3 Å². The Morgan fingerprint density at radius 3 is 2.79 bits per heavy atom. The van der Waals surface area contributed by atoms with Gasteiger partial charge in [0.25, 0.3) is 0 Å². The van der Waals surface area contributed by atoms with Crippen molar-refractivity contribution >= 4 is 21.6 Å². The second-order valence-electron chi connectivity index (χ2n) is 4.68. The van der Waals surface area contributed by atoms with E-state index in [2.05, 4.69) is 31.8 Å². The molecule has 1 heterocycles. The molecule has 0 aromatic heterocycles. The Hall–Kier alpha value is -1.09. The summed E-state index contributed by atoms with van der Waals surface area (Å²) in [5, 5.41) is 17.9. The molecule has 0 saturated carbocycles. The molecule has 5 heteroatoms. The van der Waals surface area contributed by atoms with E-state index in [1.54, 1.807) is 0 Å². The summed E-state index contributed by atoms with van der Waals surface area (Å²) in [7, 11) is 0. The molecule has 0 atom stereocenters. The van der Waals surface area contributed by atoms with E-state index in [0.717, 1.165) is 49.3 Å². The van der Waals surface area contributed by atoms with E-state index >= 15 is 0 Å². The molecule has 1 aliphatic heterocycles. The molecule has 1 fully saturated rings. The number of nitrogens with zero attached hydrogens (tertiary/aromatic N) is 3. The molecule has 1 N–H and O–H groups in total. The normalized spacial score (nSPS) is 17.0. The zero-order chi connectivity index (χ0) is 13.7. The average Bonchev–Trinajstić information content (AvgIpc) is 2.65. The van der Waals surface area contributed by atoms with Crippen molar-refractivity contribution in [2.45, 2.75) is 6.42 Å². The molecule has 102 valence electrons. The number of hydrogen-bond donors (Lipinski definition) is 1. The minimum absolute atomic E-state index is 0.225. The number of benzene rings is 1. The van der Waals surface area contributed by atoms with Crippen molar-refractivity contribution in [3.8, 4) is 6.07 Å². The van der Waals surface area contributed by atoms with Gasteiger partial charge in [0.05, 0.1) is 12.2 Å². The molecule has 0 spiro atoms. The minimum atomic E-state index is 0.225. The smallest absolute Gasteiger partial charge is 0.100 e. The fourth-order valence-corrected chi connectivity index (χ4v) is 2.84. The van der Waals surface area contributed by atoms with Crippen LogP contribution in [0.5, 0.6) is 0 Å². The predicted molar refractivity (Wildman–Crippen MR) is 79.2 cm³/mol. The highest BCUT2D eigenvalue weighted by atomic mass is 79.9. The summed E-state index contributed by atoms with van der Waals surface area (Å²) in [4.78, 5) is 4.63. The van der Waals surface area contributed by atoms with Gasteiger partial charge in [0.15, 0.2) is 0 Å². The van der Waals surface area contributed by atoms with Gasteiger partial charge >= 0.3 is 0 Å². The quantitative estimate of drug-likeness (QED) is 0.922. The monoisotopic (exact) mass is 323 g/mol. The van der Waals surface area contributed by atoms with Gasteiger partial charge in [-0.1, -0.05) is 0 Å². The SMILES string of the molecule is N#Cc1ccc(N2CCCN(CCO)CC2)cc1Br. The first kappa shape index (κ1) is 14.3. The number of β-amino-alcohol motifs (C(OH)–C–C–N with tert-alkyl or cyclic N) is 1. The number of rotatable bonds is 3. The Bertz CT molecular complexity index is 472. The Balaban J connectivity index is 2.06. The van der Waals surface area contributed by atoms with Crippen molar-refractivity contribution in [2.24, 2.45) is 0 Å². The fourth-order valence-electron chi connectivity index (χ4n) is 2.39. The maximum absolute atomic E-state index is 9.00. The Morgan fingerprint density at radius 1 is 1.26 bits per heavy atom. The first-order chi connectivity index (χ1) is 9.24. The predicted octanol–water partition coefficient (Wildman–Crippen LogP) is 1.83. The zero-order valence-corrected chi connectivity index (χ0v) is 12.4. The zero-order valence-electron chi connectivity index (χ0n) is 10.8. The van der Waals surface area contributed by atoms with Crippen molar-refractivity contribution in [1.82, 2.24) is 4.90 Å². The summed E-state index contributed by atoms with van der Waals surface area (Å²) in [5.41, 5.74) is 1.82. The number of aliphatic hydroxyl groups excluding tert-OH is 1. The molecule has 0 unspecified atom stereocenters. The molecule has 4 nitrogen and oxygen atoms in total. The van der Waals surface area contributed by atoms with Gasteiger partial charge < -0.3 is 10.0 Å². The number of halogens is 1. The van der Waals surface area contributed by atoms with Crippen LogP contribution < -0.4 is 4.90 Å². The summed E-state index contributed by atoms with van der Waals surface area (Å²) >= 11 is 3.44. The molecule has 0 bridgehead atoms. The van der Waals surface area contributed by atoms with Crippen molar-refractivity contribution < 1.29 is 5.11 Å². The van der Waals surface area contributed by atoms with Crippen molar-refractivity contribution in [3.05, 3.63) is 28.2 Å². The lowest BCUT2D eigenvalue weighted by Crippen LogP contribution is -2.32. The van der Waals surface area contributed by atoms with Crippen molar-refractivity contribution in [2.75, 3.05) is 44.2 Å². The maximum atomic E-state index is 9.00. The minimum Gasteiger partial charge on any atom is -0.395 e. The lowest BCUT2D eigenvalue weighted by atomic mass is 10.2. The van der Waals surface area contributed by atoms with Crippen LogP contribution in [-0.2, 0) is 0 Å². The largest absolute Gasteiger partial charge is 0.395 e. The second-order valence-corrected chi connectivity index (χ2v) is 5.54. The van der Waals surface area contributed by atoms with Gasteiger partial charge in [-0.25, -0.2) is 0 Å². The number of hydrogen-bond acceptors (Lipinski definition) is 4. The van der Waals surface area contributed by atoms with Gasteiger partial charge in [-0.05, 0) is 47.1 Å². The van der Waals surface area contributed by atoms with E-state index in [0.29, 0.717) is 5.56 Å². The van der Waals surface area contributed by atoms with E-state index in [4.69, 9.17) is 10.4 Å². The first-order valence-corrected chi connectivity index (χ1v) is 7.31. The van der Waals surface area contributed by atoms with Crippen molar-refractivity contribution in [1.29, 1.82) is 5.26 Å². The van der Waals surface area contributed by atoms with E-state index in [-0.39, 0.29) is 6.61 Å². The molecular formula is C14H18BrN3O. The van der Waals surface area contributed by atoms with Crippen molar-refractivity contribution in [3.63, 3.8) is 0 Å². The first-order valence-electron chi connectivity index (χ1n) is 6.52. The van der Waals surface area contributed by atoms with Crippen LogP contribution in [0, 0.1) is 11.3 Å². The van der Waals surface area contributed by atoms with E-state index < -0.39 is 0 Å². The lowest BCUT2D eigenvalue weighted by molar-refractivity contribution is 0.204. The van der Waals surface area contributed by atoms with Gasteiger partial charge in [-0.2, -0.15) is 5.26 Å². The van der Waals surface area contributed by atoms with Crippen LogP contribution in [0.25, 0.3) is 0 Å². The highest BCUT2D eigenvalue weighted by Gasteiger charge is 2.15. The lowest BCUT2D eigenvalue weighted by Gasteiger charge is -2.23. The molecule has 0 radical (unpaired) electrons. The van der Waals surface area contributed by atoms with Gasteiger partial charge in [-0.3, -0.25) is 4.90 Å². The topological polar surface area (TPSA) is 50.5 Å². The molecule has 2 rings (SSSR count).